The molecule has 9 heteroatoms. The fraction of sp³-hybridized carbons (Fsp3) is 0.812. The van der Waals surface area contributed by atoms with Crippen LogP contribution in [-0.2, 0) is 37.1 Å². The van der Waals surface area contributed by atoms with Crippen LogP contribution in [0.5, 0.6) is 0 Å². The molecule has 8 nitrogen and oxygen atoms in total. The van der Waals surface area contributed by atoms with Crippen molar-refractivity contribution in [3.63, 3.8) is 0 Å². The van der Waals surface area contributed by atoms with Crippen molar-refractivity contribution >= 4 is 13.8 Å². The SMILES string of the molecule is CCOC(=O)/C=C(/CCCC1(C)OCCO1)OP(=O)(OCC)OCC. The number of carbonyl (C=O) groups excluding carboxylic acids is 1. The van der Waals surface area contributed by atoms with Gasteiger partial charge >= 0.3 is 13.8 Å². The summed E-state index contributed by atoms with van der Waals surface area (Å²) >= 11 is 0. The van der Waals surface area contributed by atoms with Gasteiger partial charge in [-0.1, -0.05) is 0 Å². The Labute approximate surface area is 149 Å². The van der Waals surface area contributed by atoms with Crippen molar-refractivity contribution in [3.05, 3.63) is 11.8 Å². The zero-order chi connectivity index (χ0) is 18.8. The van der Waals surface area contributed by atoms with E-state index in [9.17, 15) is 9.36 Å². The summed E-state index contributed by atoms with van der Waals surface area (Å²) in [5.74, 6) is -1.03. The highest BCUT2D eigenvalue weighted by molar-refractivity contribution is 7.48. The second-order valence-electron chi connectivity index (χ2n) is 5.42. The topological polar surface area (TPSA) is 89.5 Å². The first-order chi connectivity index (χ1) is 11.9. The average Bonchev–Trinajstić information content (AvgIpc) is 2.94. The Hall–Kier alpha value is -0.920. The van der Waals surface area contributed by atoms with Crippen LogP contribution in [0.3, 0.4) is 0 Å². The van der Waals surface area contributed by atoms with Crippen molar-refractivity contribution in [3.8, 4) is 0 Å². The fourth-order valence-electron chi connectivity index (χ4n) is 2.29. The van der Waals surface area contributed by atoms with Crippen molar-refractivity contribution in [1.29, 1.82) is 0 Å². The lowest BCUT2D eigenvalue weighted by Crippen LogP contribution is -2.25. The summed E-state index contributed by atoms with van der Waals surface area (Å²) in [6, 6.07) is 0. The molecule has 0 unspecified atom stereocenters. The van der Waals surface area contributed by atoms with Crippen LogP contribution in [0.15, 0.2) is 11.8 Å². The molecule has 1 aliphatic rings. The zero-order valence-corrected chi connectivity index (χ0v) is 16.3. The van der Waals surface area contributed by atoms with Crippen molar-refractivity contribution in [2.24, 2.45) is 0 Å². The van der Waals surface area contributed by atoms with E-state index in [0.29, 0.717) is 32.5 Å². The first-order valence-electron chi connectivity index (χ1n) is 8.60. The highest BCUT2D eigenvalue weighted by Crippen LogP contribution is 2.51. The summed E-state index contributed by atoms with van der Waals surface area (Å²) in [6.45, 7) is 8.59. The highest BCUT2D eigenvalue weighted by atomic mass is 31.2. The Bertz CT molecular complexity index is 475. The van der Waals surface area contributed by atoms with Gasteiger partial charge in [0.05, 0.1) is 39.1 Å². The lowest BCUT2D eigenvalue weighted by molar-refractivity contribution is -0.147. The van der Waals surface area contributed by atoms with E-state index in [4.69, 9.17) is 27.8 Å². The maximum absolute atomic E-state index is 12.5. The van der Waals surface area contributed by atoms with Gasteiger partial charge in [0, 0.05) is 12.8 Å². The van der Waals surface area contributed by atoms with Gasteiger partial charge < -0.3 is 18.7 Å². The molecule has 0 saturated carbocycles. The molecule has 0 amide bonds. The van der Waals surface area contributed by atoms with Crippen LogP contribution in [0.25, 0.3) is 0 Å². The number of hydrogen-bond acceptors (Lipinski definition) is 8. The minimum atomic E-state index is -3.77. The number of phosphoric acid groups is 1. The third kappa shape index (κ3) is 8.33. The minimum Gasteiger partial charge on any atom is -0.463 e. The van der Waals surface area contributed by atoms with E-state index >= 15 is 0 Å². The third-order valence-corrected chi connectivity index (χ3v) is 4.93. The van der Waals surface area contributed by atoms with Crippen molar-refractivity contribution in [2.75, 3.05) is 33.0 Å². The predicted octanol–water partition coefficient (Wildman–Crippen LogP) is 3.56. The van der Waals surface area contributed by atoms with Gasteiger partial charge in [-0.25, -0.2) is 9.36 Å². The van der Waals surface area contributed by atoms with Crippen molar-refractivity contribution in [2.45, 2.75) is 52.7 Å². The van der Waals surface area contributed by atoms with Gasteiger partial charge in [-0.05, 0) is 34.1 Å². The molecule has 0 bridgehead atoms. The van der Waals surface area contributed by atoms with Crippen LogP contribution >= 0.6 is 7.82 Å². The number of hydrogen-bond donors (Lipinski definition) is 0. The van der Waals surface area contributed by atoms with Gasteiger partial charge in [0.15, 0.2) is 5.79 Å². The fourth-order valence-corrected chi connectivity index (χ4v) is 3.54. The van der Waals surface area contributed by atoms with Crippen LogP contribution < -0.4 is 0 Å². The smallest absolute Gasteiger partial charge is 0.463 e. The Morgan fingerprint density at radius 3 is 2.24 bits per heavy atom. The van der Waals surface area contributed by atoms with Gasteiger partial charge in [0.1, 0.15) is 5.76 Å². The molecule has 25 heavy (non-hydrogen) atoms. The van der Waals surface area contributed by atoms with Gasteiger partial charge in [-0.3, -0.25) is 9.05 Å². The normalized spacial score (nSPS) is 17.5. The molecule has 1 fully saturated rings. The van der Waals surface area contributed by atoms with Gasteiger partial charge in [0.25, 0.3) is 0 Å². The molecular formula is C16H29O8P. The standard InChI is InChI=1S/C16H29O8P/c1-5-19-15(17)13-14(24-25(18,22-6-2)23-7-3)9-8-10-16(4)20-11-12-21-16/h13H,5-12H2,1-4H3/b14-13-. The van der Waals surface area contributed by atoms with E-state index < -0.39 is 19.6 Å². The molecule has 0 atom stereocenters. The molecule has 1 rings (SSSR count). The zero-order valence-electron chi connectivity index (χ0n) is 15.4. The molecule has 1 heterocycles. The maximum atomic E-state index is 12.5. The van der Waals surface area contributed by atoms with Crippen molar-refractivity contribution in [1.82, 2.24) is 0 Å². The van der Waals surface area contributed by atoms with Crippen LogP contribution in [-0.4, -0.2) is 44.8 Å². The summed E-state index contributed by atoms with van der Waals surface area (Å²) in [7, 11) is -3.77. The average molecular weight is 380 g/mol. The Kier molecular flexibility index (Phi) is 9.67. The van der Waals surface area contributed by atoms with Crippen molar-refractivity contribution < 1.29 is 37.1 Å². The van der Waals surface area contributed by atoms with Crippen LogP contribution in [0.2, 0.25) is 0 Å². The monoisotopic (exact) mass is 380 g/mol. The molecule has 0 aromatic carbocycles. The van der Waals surface area contributed by atoms with Gasteiger partial charge in [-0.15, -0.1) is 0 Å². The molecule has 1 aliphatic heterocycles. The lowest BCUT2D eigenvalue weighted by Gasteiger charge is -2.23. The van der Waals surface area contributed by atoms with Gasteiger partial charge in [-0.2, -0.15) is 0 Å². The number of ether oxygens (including phenoxy) is 3. The summed E-state index contributed by atoms with van der Waals surface area (Å²) in [6.07, 6.45) is 2.71. The number of allylic oxidation sites excluding steroid dienone is 1. The van der Waals surface area contributed by atoms with Crippen LogP contribution in [0.1, 0.15) is 47.0 Å². The van der Waals surface area contributed by atoms with E-state index in [1.54, 1.807) is 20.8 Å². The Morgan fingerprint density at radius 1 is 1.12 bits per heavy atom. The minimum absolute atomic E-state index is 0.156. The predicted molar refractivity (Wildman–Crippen MR) is 90.8 cm³/mol. The summed E-state index contributed by atoms with van der Waals surface area (Å²) < 4.78 is 44.2. The molecule has 0 aromatic heterocycles. The molecule has 0 N–H and O–H groups in total. The van der Waals surface area contributed by atoms with E-state index in [1.165, 1.54) is 6.08 Å². The molecule has 0 spiro atoms. The van der Waals surface area contributed by atoms with Crippen LogP contribution in [0.4, 0.5) is 0 Å². The lowest BCUT2D eigenvalue weighted by atomic mass is 10.1. The van der Waals surface area contributed by atoms with E-state index in [-0.39, 0.29) is 25.6 Å². The number of carbonyl (C=O) groups is 1. The largest absolute Gasteiger partial charge is 0.529 e. The summed E-state index contributed by atoms with van der Waals surface area (Å²) in [5, 5.41) is 0. The Morgan fingerprint density at radius 2 is 1.72 bits per heavy atom. The first kappa shape index (κ1) is 22.1. The number of phosphoric ester groups is 1. The van der Waals surface area contributed by atoms with E-state index in [1.807, 2.05) is 6.92 Å². The molecule has 0 radical (unpaired) electrons. The van der Waals surface area contributed by atoms with E-state index in [0.717, 1.165) is 0 Å². The molecule has 1 saturated heterocycles. The summed E-state index contributed by atoms with van der Waals surface area (Å²) in [5.41, 5.74) is 0. The quantitative estimate of drug-likeness (QED) is 0.220. The maximum Gasteiger partial charge on any atom is 0.529 e. The van der Waals surface area contributed by atoms with Gasteiger partial charge in [0.2, 0.25) is 0 Å². The van der Waals surface area contributed by atoms with E-state index in [2.05, 4.69) is 0 Å². The second kappa shape index (κ2) is 10.9. The van der Waals surface area contributed by atoms with Crippen LogP contribution in [0, 0.1) is 0 Å². The number of rotatable bonds is 12. The molecular weight excluding hydrogens is 351 g/mol. The highest BCUT2D eigenvalue weighted by Gasteiger charge is 2.32. The Balaban J connectivity index is 2.74. The second-order valence-corrected chi connectivity index (χ2v) is 7.01. The molecule has 146 valence electrons. The summed E-state index contributed by atoms with van der Waals surface area (Å²) in [4.78, 5) is 11.7. The molecule has 0 aromatic rings. The first-order valence-corrected chi connectivity index (χ1v) is 10.1. The number of esters is 1. The molecule has 0 aliphatic carbocycles. The third-order valence-electron chi connectivity index (χ3n) is 3.32.